The van der Waals surface area contributed by atoms with Crippen molar-refractivity contribution in [3.05, 3.63) is 165 Å². The number of aromatic nitrogens is 6. The maximum Gasteiger partial charge on any atom is 0.356 e. The topological polar surface area (TPSA) is 223 Å². The second kappa shape index (κ2) is 21.8. The number of methoxy groups -OCH3 is 3. The number of hydrogen-bond acceptors (Lipinski definition) is 16. The van der Waals surface area contributed by atoms with Crippen LogP contribution in [0.4, 0.5) is 8.78 Å². The van der Waals surface area contributed by atoms with Crippen molar-refractivity contribution in [3.8, 4) is 11.5 Å². The third-order valence-corrected chi connectivity index (χ3v) is 10.9. The summed E-state index contributed by atoms with van der Waals surface area (Å²) in [4.78, 5) is 74.4. The highest BCUT2D eigenvalue weighted by Gasteiger charge is 2.29. The highest BCUT2D eigenvalue weighted by molar-refractivity contribution is 6.03. The highest BCUT2D eigenvalue weighted by atomic mass is 19.1. The number of aryl methyl sites for hydroxylation is 2. The lowest BCUT2D eigenvalue weighted by Gasteiger charge is -2.19. The molecule has 20 heteroatoms. The minimum atomic E-state index is -0.549. The van der Waals surface area contributed by atoms with E-state index >= 15 is 0 Å². The smallest absolute Gasteiger partial charge is 0.356 e. The molecular weight excluding hydrogens is 907 g/mol. The minimum Gasteiger partial charge on any atom is -0.494 e. The quantitative estimate of drug-likeness (QED) is 0.108. The molecule has 2 atom stereocenters. The predicted molar refractivity (Wildman–Crippen MR) is 250 cm³/mol. The van der Waals surface area contributed by atoms with Crippen LogP contribution in [0.5, 0.6) is 11.5 Å². The Balaban J connectivity index is 0.000000206. The van der Waals surface area contributed by atoms with Crippen LogP contribution in [0.2, 0.25) is 0 Å². The molecule has 2 aliphatic rings. The second-order valence-electron chi connectivity index (χ2n) is 17.0. The van der Waals surface area contributed by atoms with Gasteiger partial charge in [-0.05, 0) is 96.8 Å². The lowest BCUT2D eigenvalue weighted by Crippen LogP contribution is -2.25. The van der Waals surface area contributed by atoms with E-state index in [1.54, 1.807) is 56.4 Å². The molecule has 2 aromatic carbocycles. The van der Waals surface area contributed by atoms with Crippen molar-refractivity contribution in [1.82, 2.24) is 40.5 Å². The number of rotatable bonds is 13. The summed E-state index contributed by atoms with van der Waals surface area (Å²) < 4.78 is 41.9. The first kappa shape index (κ1) is 49.6. The molecule has 2 amide bonds. The van der Waals surface area contributed by atoms with Gasteiger partial charge in [-0.15, -0.1) is 0 Å². The SMILES string of the molecule is COC(=O)c1cc(C2CC(c3cc(C(=O)NCc4ccc(F)c(OC)c4)nc(C)n3)=NO2)ccn1.COc1cc(CNC(=O)c2cc(C3=NOC(c4ccnc(C(C)(C)C)c4)C3)nc(C)n2)ccc1F. The number of nitrogens with one attached hydrogen (secondary N) is 2. The Labute approximate surface area is 402 Å². The van der Waals surface area contributed by atoms with Crippen LogP contribution >= 0.6 is 0 Å². The minimum absolute atomic E-state index is 0.0800. The molecule has 2 N–H and O–H groups in total. The van der Waals surface area contributed by atoms with Crippen LogP contribution in [0, 0.1) is 25.5 Å². The Morgan fingerprint density at radius 1 is 0.629 bits per heavy atom. The molecule has 70 heavy (non-hydrogen) atoms. The van der Waals surface area contributed by atoms with E-state index in [4.69, 9.17) is 23.9 Å². The van der Waals surface area contributed by atoms with Gasteiger partial charge in [0.1, 0.15) is 40.2 Å². The van der Waals surface area contributed by atoms with Crippen molar-refractivity contribution in [2.24, 2.45) is 10.3 Å². The molecule has 362 valence electrons. The van der Waals surface area contributed by atoms with E-state index < -0.39 is 29.6 Å². The molecule has 0 fully saturated rings. The average molecular weight is 957 g/mol. The fraction of sp³-hybridized carbons (Fsp3) is 0.300. The number of carbonyl (C=O) groups excluding carboxylic acids is 3. The van der Waals surface area contributed by atoms with E-state index in [0.29, 0.717) is 64.0 Å². The van der Waals surface area contributed by atoms with Gasteiger partial charge in [0, 0.05) is 49.4 Å². The van der Waals surface area contributed by atoms with Crippen molar-refractivity contribution in [3.63, 3.8) is 0 Å². The maximum atomic E-state index is 13.6. The second-order valence-corrected chi connectivity index (χ2v) is 17.0. The van der Waals surface area contributed by atoms with Gasteiger partial charge in [-0.1, -0.05) is 43.2 Å². The summed E-state index contributed by atoms with van der Waals surface area (Å²) in [7, 11) is 4.05. The number of oxime groups is 2. The Morgan fingerprint density at radius 2 is 1.10 bits per heavy atom. The summed E-state index contributed by atoms with van der Waals surface area (Å²) in [6.45, 7) is 10.1. The zero-order valence-corrected chi connectivity index (χ0v) is 39.7. The number of benzene rings is 2. The van der Waals surface area contributed by atoms with Crippen molar-refractivity contribution in [2.75, 3.05) is 21.3 Å². The van der Waals surface area contributed by atoms with E-state index in [9.17, 15) is 23.2 Å². The Bertz CT molecular complexity index is 3000. The molecule has 18 nitrogen and oxygen atoms in total. The first-order valence-electron chi connectivity index (χ1n) is 21.9. The van der Waals surface area contributed by atoms with Gasteiger partial charge in [-0.25, -0.2) is 38.5 Å². The van der Waals surface area contributed by atoms with Gasteiger partial charge in [0.15, 0.2) is 35.3 Å². The molecule has 6 heterocycles. The molecule has 0 spiro atoms. The molecule has 2 aliphatic heterocycles. The number of hydrogen-bond donors (Lipinski definition) is 2. The third-order valence-electron chi connectivity index (χ3n) is 10.9. The molecule has 4 aromatic heterocycles. The van der Waals surface area contributed by atoms with Gasteiger partial charge < -0.3 is 34.5 Å². The normalized spacial score (nSPS) is 15.0. The standard InChI is InChI=1S/C26H28FN5O3.C24H22FN5O5/c1-15-30-19(20-13-22(35-32-20)17-8-9-28-24(11-17)26(2,3)4)12-21(31-15)25(33)29-14-16-6-7-18(27)23(10-16)34-5;1-13-28-17(18-11-21(35-30-18)15-6-7-26-20(9-15)24(32)34-3)10-19(29-13)23(31)27-12-14-4-5-16(25)22(8-14)33-2/h6-12,22H,13-14H2,1-5H3,(H,29,33);4-10,21H,11-12H2,1-3H3,(H,27,31). The lowest BCUT2D eigenvalue weighted by molar-refractivity contribution is 0.0591. The number of nitrogens with zero attached hydrogens (tertiary/aromatic N) is 8. The average Bonchev–Trinajstić information content (AvgIpc) is 4.07. The fourth-order valence-corrected chi connectivity index (χ4v) is 7.17. The van der Waals surface area contributed by atoms with Gasteiger partial charge in [-0.3, -0.25) is 14.6 Å². The zero-order chi connectivity index (χ0) is 50.1. The molecule has 8 rings (SSSR count). The summed E-state index contributed by atoms with van der Waals surface area (Å²) in [5.74, 6) is -1.24. The van der Waals surface area contributed by atoms with E-state index in [0.717, 1.165) is 11.3 Å². The van der Waals surface area contributed by atoms with Crippen molar-refractivity contribution in [2.45, 2.75) is 78.2 Å². The number of halogens is 2. The van der Waals surface area contributed by atoms with Gasteiger partial charge in [0.2, 0.25) is 0 Å². The summed E-state index contributed by atoms with van der Waals surface area (Å²) in [5, 5.41) is 13.9. The monoisotopic (exact) mass is 956 g/mol. The van der Waals surface area contributed by atoms with Gasteiger partial charge in [-0.2, -0.15) is 0 Å². The van der Waals surface area contributed by atoms with E-state index in [1.165, 1.54) is 51.8 Å². The van der Waals surface area contributed by atoms with Crippen LogP contribution in [0.1, 0.15) is 128 Å². The van der Waals surface area contributed by atoms with Crippen LogP contribution in [0.15, 0.2) is 95.5 Å². The Hall–Kier alpha value is -8.29. The maximum absolute atomic E-state index is 13.6. The molecular formula is C50H50F2N10O8. The van der Waals surface area contributed by atoms with Crippen molar-refractivity contribution >= 4 is 29.2 Å². The van der Waals surface area contributed by atoms with Crippen molar-refractivity contribution < 1.29 is 47.1 Å². The first-order valence-corrected chi connectivity index (χ1v) is 21.9. The number of ether oxygens (including phenoxy) is 3. The number of esters is 1. The molecule has 0 saturated heterocycles. The van der Waals surface area contributed by atoms with E-state index in [-0.39, 0.29) is 59.1 Å². The molecule has 6 aromatic rings. The largest absolute Gasteiger partial charge is 0.494 e. The van der Waals surface area contributed by atoms with Gasteiger partial charge in [0.05, 0.1) is 32.7 Å². The van der Waals surface area contributed by atoms with Crippen molar-refractivity contribution in [1.29, 1.82) is 0 Å². The predicted octanol–water partition coefficient (Wildman–Crippen LogP) is 7.33. The number of amides is 2. The van der Waals surface area contributed by atoms with Crippen LogP contribution in [0.3, 0.4) is 0 Å². The molecule has 0 bridgehead atoms. The molecule has 0 saturated carbocycles. The van der Waals surface area contributed by atoms with Gasteiger partial charge in [0.25, 0.3) is 11.8 Å². The molecule has 0 aliphatic carbocycles. The van der Waals surface area contributed by atoms with Crippen LogP contribution in [-0.4, -0.2) is 80.4 Å². The summed E-state index contributed by atoms with van der Waals surface area (Å²) in [5.41, 5.74) is 6.67. The number of pyridine rings is 2. The van der Waals surface area contributed by atoms with Crippen LogP contribution in [0.25, 0.3) is 0 Å². The highest BCUT2D eigenvalue weighted by Crippen LogP contribution is 2.32. The summed E-state index contributed by atoms with van der Waals surface area (Å²) in [6, 6.07) is 19.2. The number of carbonyl (C=O) groups is 3. The van der Waals surface area contributed by atoms with Crippen LogP contribution < -0.4 is 20.1 Å². The zero-order valence-electron chi connectivity index (χ0n) is 39.7. The van der Waals surface area contributed by atoms with E-state index in [2.05, 4.69) is 71.6 Å². The van der Waals surface area contributed by atoms with E-state index in [1.807, 2.05) is 12.1 Å². The van der Waals surface area contributed by atoms with Gasteiger partial charge >= 0.3 is 5.97 Å². The first-order chi connectivity index (χ1) is 33.5. The Kier molecular flexibility index (Phi) is 15.4. The summed E-state index contributed by atoms with van der Waals surface area (Å²) in [6.07, 6.45) is 3.47. The molecule has 0 radical (unpaired) electrons. The van der Waals surface area contributed by atoms with Crippen LogP contribution in [-0.2, 0) is 32.9 Å². The Morgan fingerprint density at radius 3 is 1.56 bits per heavy atom. The molecule has 2 unspecified atom stereocenters. The third kappa shape index (κ3) is 12.2. The fourth-order valence-electron chi connectivity index (χ4n) is 7.17. The summed E-state index contributed by atoms with van der Waals surface area (Å²) >= 11 is 0. The lowest BCUT2D eigenvalue weighted by atomic mass is 9.90.